The van der Waals surface area contributed by atoms with Crippen molar-refractivity contribution in [3.8, 4) is 0 Å². The van der Waals surface area contributed by atoms with Crippen LogP contribution in [0.1, 0.15) is 38.0 Å². The molecule has 0 radical (unpaired) electrons. The van der Waals surface area contributed by atoms with Gasteiger partial charge in [-0.05, 0) is 31.2 Å². The third-order valence-corrected chi connectivity index (χ3v) is 4.18. The van der Waals surface area contributed by atoms with E-state index in [9.17, 15) is 19.2 Å². The number of carbonyl (C=O) groups excluding carboxylic acids is 4. The summed E-state index contributed by atoms with van der Waals surface area (Å²) in [7, 11) is 1.24. The molecule has 2 aromatic carbocycles. The number of carbonyl (C=O) groups is 4. The van der Waals surface area contributed by atoms with Crippen LogP contribution in [0.4, 0.5) is 5.69 Å². The van der Waals surface area contributed by atoms with Crippen LogP contribution >= 0.6 is 0 Å². The van der Waals surface area contributed by atoms with E-state index in [4.69, 9.17) is 0 Å². The summed E-state index contributed by atoms with van der Waals surface area (Å²) in [6, 6.07) is 11.7. The van der Waals surface area contributed by atoms with Gasteiger partial charge >= 0.3 is 5.97 Å². The van der Waals surface area contributed by atoms with Crippen molar-refractivity contribution in [2.24, 2.45) is 0 Å². The lowest BCUT2D eigenvalue weighted by molar-refractivity contribution is -0.119. The van der Waals surface area contributed by atoms with Crippen LogP contribution in [0.5, 0.6) is 0 Å². The summed E-state index contributed by atoms with van der Waals surface area (Å²) in [4.78, 5) is 50.3. The zero-order valence-electron chi connectivity index (χ0n) is 14.2. The Hall–Kier alpha value is -3.48. The van der Waals surface area contributed by atoms with Gasteiger partial charge in [0.2, 0.25) is 5.91 Å². The largest absolute Gasteiger partial charge is 0.465 e. The molecule has 1 N–H and O–H groups in total. The zero-order chi connectivity index (χ0) is 18.8. The van der Waals surface area contributed by atoms with E-state index in [0.717, 1.165) is 4.90 Å². The molecule has 7 heteroatoms. The molecule has 0 unspecified atom stereocenters. The molecule has 0 aliphatic carbocycles. The predicted molar refractivity (Wildman–Crippen MR) is 92.8 cm³/mol. The van der Waals surface area contributed by atoms with Gasteiger partial charge < -0.3 is 10.1 Å². The van der Waals surface area contributed by atoms with E-state index < -0.39 is 29.7 Å². The molecule has 1 aliphatic heterocycles. The molecule has 2 aromatic rings. The van der Waals surface area contributed by atoms with Crippen LogP contribution in [-0.2, 0) is 9.53 Å². The molecule has 1 aliphatic rings. The van der Waals surface area contributed by atoms with Gasteiger partial charge in [0, 0.05) is 0 Å². The lowest BCUT2D eigenvalue weighted by Crippen LogP contribution is -2.45. The van der Waals surface area contributed by atoms with Gasteiger partial charge in [-0.25, -0.2) is 4.79 Å². The number of amides is 3. The number of nitrogens with one attached hydrogen (secondary N) is 1. The van der Waals surface area contributed by atoms with Crippen molar-refractivity contribution in [1.29, 1.82) is 0 Å². The third kappa shape index (κ3) is 2.83. The molecular formula is C19H16N2O5. The van der Waals surface area contributed by atoms with Crippen LogP contribution in [0.2, 0.25) is 0 Å². The zero-order valence-corrected chi connectivity index (χ0v) is 14.2. The molecule has 26 heavy (non-hydrogen) atoms. The van der Waals surface area contributed by atoms with E-state index in [1.54, 1.807) is 42.5 Å². The van der Waals surface area contributed by atoms with E-state index in [0.29, 0.717) is 0 Å². The first-order valence-electron chi connectivity index (χ1n) is 7.91. The molecule has 3 rings (SSSR count). The maximum absolute atomic E-state index is 12.6. The first kappa shape index (κ1) is 17.3. The van der Waals surface area contributed by atoms with Crippen molar-refractivity contribution in [2.75, 3.05) is 12.4 Å². The predicted octanol–water partition coefficient (Wildman–Crippen LogP) is 2.10. The minimum Gasteiger partial charge on any atom is -0.465 e. The molecular weight excluding hydrogens is 336 g/mol. The molecule has 1 atom stereocenters. The van der Waals surface area contributed by atoms with Crippen LogP contribution < -0.4 is 5.32 Å². The molecule has 0 aromatic heterocycles. The average molecular weight is 352 g/mol. The molecule has 0 saturated carbocycles. The van der Waals surface area contributed by atoms with Crippen LogP contribution in [0.15, 0.2) is 48.5 Å². The second-order valence-corrected chi connectivity index (χ2v) is 5.73. The van der Waals surface area contributed by atoms with Crippen molar-refractivity contribution in [1.82, 2.24) is 4.90 Å². The Kier molecular flexibility index (Phi) is 4.53. The van der Waals surface area contributed by atoms with Gasteiger partial charge in [-0.2, -0.15) is 0 Å². The minimum atomic E-state index is -1.05. The highest BCUT2D eigenvalue weighted by Gasteiger charge is 2.40. The van der Waals surface area contributed by atoms with Gasteiger partial charge in [0.1, 0.15) is 6.04 Å². The van der Waals surface area contributed by atoms with Gasteiger partial charge in [0.15, 0.2) is 0 Å². The first-order chi connectivity index (χ1) is 12.5. The lowest BCUT2D eigenvalue weighted by Gasteiger charge is -2.22. The fourth-order valence-electron chi connectivity index (χ4n) is 2.79. The highest BCUT2D eigenvalue weighted by molar-refractivity contribution is 6.23. The summed E-state index contributed by atoms with van der Waals surface area (Å²) >= 11 is 0. The summed E-state index contributed by atoms with van der Waals surface area (Å²) in [5.41, 5.74) is 0.963. The monoisotopic (exact) mass is 352 g/mol. The van der Waals surface area contributed by atoms with Crippen molar-refractivity contribution in [3.05, 3.63) is 65.2 Å². The van der Waals surface area contributed by atoms with Crippen LogP contribution in [0.25, 0.3) is 0 Å². The van der Waals surface area contributed by atoms with Gasteiger partial charge in [-0.3, -0.25) is 19.3 Å². The van der Waals surface area contributed by atoms with Gasteiger partial charge in [0.05, 0.1) is 29.5 Å². The number of imide groups is 1. The Bertz CT molecular complexity index is 887. The number of hydrogen-bond acceptors (Lipinski definition) is 5. The fourth-order valence-corrected chi connectivity index (χ4v) is 2.79. The molecule has 1 heterocycles. The number of nitrogens with zero attached hydrogens (tertiary/aromatic N) is 1. The number of rotatable bonds is 4. The average Bonchev–Trinajstić information content (AvgIpc) is 2.92. The third-order valence-electron chi connectivity index (χ3n) is 4.18. The standard InChI is InChI=1S/C19H16N2O5/c1-11(21-17(23)12-7-3-4-8-13(12)18(21)24)16(22)20-15-10-6-5-9-14(15)19(25)26-2/h3-11H,1-2H3,(H,20,22)/t11-/m0/s1. The second-order valence-electron chi connectivity index (χ2n) is 5.73. The first-order valence-corrected chi connectivity index (χ1v) is 7.91. The van der Waals surface area contributed by atoms with E-state index in [1.807, 2.05) is 0 Å². The van der Waals surface area contributed by atoms with Gasteiger partial charge in [0.25, 0.3) is 11.8 Å². The Morgan fingerprint density at radius 3 is 2.08 bits per heavy atom. The minimum absolute atomic E-state index is 0.179. The summed E-state index contributed by atoms with van der Waals surface area (Å²) in [6.45, 7) is 1.46. The fraction of sp³-hybridized carbons (Fsp3) is 0.158. The summed E-state index contributed by atoms with van der Waals surface area (Å²) < 4.78 is 4.69. The van der Waals surface area contributed by atoms with Crippen LogP contribution in [0, 0.1) is 0 Å². The molecule has 0 bridgehead atoms. The summed E-state index contributed by atoms with van der Waals surface area (Å²) in [5.74, 6) is -2.23. The highest BCUT2D eigenvalue weighted by Crippen LogP contribution is 2.25. The number of benzene rings is 2. The number of methoxy groups -OCH3 is 1. The maximum Gasteiger partial charge on any atom is 0.339 e. The number of fused-ring (bicyclic) bond motifs is 1. The Labute approximate surface area is 149 Å². The van der Waals surface area contributed by atoms with E-state index in [-0.39, 0.29) is 22.4 Å². The number of hydrogen-bond donors (Lipinski definition) is 1. The van der Waals surface area contributed by atoms with Gasteiger partial charge in [-0.15, -0.1) is 0 Å². The van der Waals surface area contributed by atoms with E-state index in [1.165, 1.54) is 20.1 Å². The molecule has 3 amide bonds. The maximum atomic E-state index is 12.6. The van der Waals surface area contributed by atoms with Crippen LogP contribution in [-0.4, -0.2) is 41.7 Å². The van der Waals surface area contributed by atoms with Crippen molar-refractivity contribution < 1.29 is 23.9 Å². The lowest BCUT2D eigenvalue weighted by atomic mass is 10.1. The Morgan fingerprint density at radius 1 is 0.962 bits per heavy atom. The second kappa shape index (κ2) is 6.79. The van der Waals surface area contributed by atoms with Gasteiger partial charge in [-0.1, -0.05) is 24.3 Å². The summed E-state index contributed by atoms with van der Waals surface area (Å²) in [6.07, 6.45) is 0. The number of ether oxygens (including phenoxy) is 1. The van der Waals surface area contributed by atoms with Crippen molar-refractivity contribution >= 4 is 29.4 Å². The Balaban J connectivity index is 1.83. The van der Waals surface area contributed by atoms with Crippen molar-refractivity contribution in [3.63, 3.8) is 0 Å². The quantitative estimate of drug-likeness (QED) is 0.672. The molecule has 0 saturated heterocycles. The van der Waals surface area contributed by atoms with E-state index >= 15 is 0 Å². The SMILES string of the molecule is COC(=O)c1ccccc1NC(=O)[C@H](C)N1C(=O)c2ccccc2C1=O. The van der Waals surface area contributed by atoms with E-state index in [2.05, 4.69) is 10.1 Å². The Morgan fingerprint density at radius 2 is 1.50 bits per heavy atom. The van der Waals surface area contributed by atoms with Crippen LogP contribution in [0.3, 0.4) is 0 Å². The summed E-state index contributed by atoms with van der Waals surface area (Å²) in [5, 5.41) is 2.58. The molecule has 7 nitrogen and oxygen atoms in total. The van der Waals surface area contributed by atoms with Crippen molar-refractivity contribution in [2.45, 2.75) is 13.0 Å². The number of para-hydroxylation sites is 1. The number of esters is 1. The molecule has 0 spiro atoms. The topological polar surface area (TPSA) is 92.8 Å². The number of anilines is 1. The smallest absolute Gasteiger partial charge is 0.339 e. The molecule has 132 valence electrons. The highest BCUT2D eigenvalue weighted by atomic mass is 16.5. The normalized spacial score (nSPS) is 14.0. The molecule has 0 fully saturated rings.